The maximum Gasteiger partial charge on any atom is 0.325 e. The Labute approximate surface area is 172 Å². The summed E-state index contributed by atoms with van der Waals surface area (Å²) in [6, 6.07) is 3.67. The Morgan fingerprint density at radius 1 is 1.00 bits per heavy atom. The smallest absolute Gasteiger partial charge is 0.325 e. The van der Waals surface area contributed by atoms with Crippen molar-refractivity contribution in [1.82, 2.24) is 5.32 Å². The number of ether oxygens (including phenoxy) is 3. The van der Waals surface area contributed by atoms with Crippen LogP contribution in [0.1, 0.15) is 49.7 Å². The minimum Gasteiger partial charge on any atom is -0.493 e. The van der Waals surface area contributed by atoms with E-state index in [0.717, 1.165) is 30.4 Å². The number of hydrogen-bond acceptors (Lipinski definition) is 5. The molecule has 0 unspecified atom stereocenters. The highest BCUT2D eigenvalue weighted by Crippen LogP contribution is 2.60. The quantitative estimate of drug-likeness (QED) is 0.709. The summed E-state index contributed by atoms with van der Waals surface area (Å²) in [6.45, 7) is 1.99. The van der Waals surface area contributed by atoms with Gasteiger partial charge in [-0.05, 0) is 86.5 Å². The number of rotatable bonds is 7. The third kappa shape index (κ3) is 3.94. The molecular formula is C23H31NO5. The molecule has 158 valence electrons. The number of carbonyl (C=O) groups is 2. The molecule has 5 rings (SSSR count). The van der Waals surface area contributed by atoms with E-state index in [1.54, 1.807) is 14.2 Å². The summed E-state index contributed by atoms with van der Waals surface area (Å²) in [5.41, 5.74) is 1.56. The van der Waals surface area contributed by atoms with Gasteiger partial charge in [0.05, 0.1) is 14.2 Å². The first kappa shape index (κ1) is 20.0. The molecule has 4 bridgehead atoms. The Kier molecular flexibility index (Phi) is 5.45. The predicted molar refractivity (Wildman–Crippen MR) is 108 cm³/mol. The van der Waals surface area contributed by atoms with Crippen LogP contribution in [0.5, 0.6) is 11.5 Å². The number of aryl methyl sites for hydroxylation is 1. The van der Waals surface area contributed by atoms with E-state index in [1.807, 2.05) is 19.1 Å². The minimum atomic E-state index is -0.419. The molecule has 4 saturated carbocycles. The lowest BCUT2D eigenvalue weighted by Crippen LogP contribution is -2.54. The number of benzene rings is 1. The van der Waals surface area contributed by atoms with Crippen LogP contribution in [0.15, 0.2) is 12.1 Å². The number of hydrogen-bond donors (Lipinski definition) is 1. The van der Waals surface area contributed by atoms with E-state index in [0.29, 0.717) is 29.3 Å². The van der Waals surface area contributed by atoms with E-state index in [-0.39, 0.29) is 24.5 Å². The van der Waals surface area contributed by atoms with Crippen molar-refractivity contribution in [2.24, 2.45) is 23.2 Å². The van der Waals surface area contributed by atoms with Gasteiger partial charge in [0.25, 0.3) is 0 Å². The Hall–Kier alpha value is -2.24. The van der Waals surface area contributed by atoms with Crippen LogP contribution in [0.3, 0.4) is 0 Å². The number of amides is 1. The molecule has 1 amide bonds. The van der Waals surface area contributed by atoms with Crippen molar-refractivity contribution in [3.8, 4) is 11.5 Å². The molecule has 1 aromatic rings. The first-order valence-electron chi connectivity index (χ1n) is 10.6. The SMILES string of the molecule is COc1cc(C)c(COC(=O)CNC(=O)C23CC4CC(CC(C4)C2)C3)cc1OC. The van der Waals surface area contributed by atoms with Crippen molar-refractivity contribution in [2.45, 2.75) is 52.1 Å². The van der Waals surface area contributed by atoms with E-state index in [2.05, 4.69) is 5.32 Å². The van der Waals surface area contributed by atoms with Crippen molar-refractivity contribution in [1.29, 1.82) is 0 Å². The second kappa shape index (κ2) is 7.88. The number of nitrogens with one attached hydrogen (secondary N) is 1. The van der Waals surface area contributed by atoms with Crippen LogP contribution in [0.4, 0.5) is 0 Å². The summed E-state index contributed by atoms with van der Waals surface area (Å²) in [5, 5.41) is 2.87. The van der Waals surface area contributed by atoms with E-state index < -0.39 is 5.97 Å². The van der Waals surface area contributed by atoms with Crippen molar-refractivity contribution >= 4 is 11.9 Å². The molecule has 0 heterocycles. The first-order chi connectivity index (χ1) is 13.9. The third-order valence-electron chi connectivity index (χ3n) is 7.14. The second-order valence-electron chi connectivity index (χ2n) is 9.17. The molecule has 0 saturated heterocycles. The van der Waals surface area contributed by atoms with Gasteiger partial charge in [-0.2, -0.15) is 0 Å². The molecule has 4 aliphatic carbocycles. The molecule has 1 aromatic carbocycles. The topological polar surface area (TPSA) is 73.9 Å². The molecule has 29 heavy (non-hydrogen) atoms. The monoisotopic (exact) mass is 401 g/mol. The van der Waals surface area contributed by atoms with Crippen LogP contribution >= 0.6 is 0 Å². The molecular weight excluding hydrogens is 370 g/mol. The normalized spacial score (nSPS) is 29.4. The average molecular weight is 402 g/mol. The highest BCUT2D eigenvalue weighted by atomic mass is 16.5. The number of methoxy groups -OCH3 is 2. The van der Waals surface area contributed by atoms with Gasteiger partial charge in [0.2, 0.25) is 5.91 Å². The molecule has 6 heteroatoms. The van der Waals surface area contributed by atoms with Gasteiger partial charge in [-0.25, -0.2) is 0 Å². The van der Waals surface area contributed by atoms with Gasteiger partial charge >= 0.3 is 5.97 Å². The molecule has 0 aromatic heterocycles. The van der Waals surface area contributed by atoms with Crippen molar-refractivity contribution in [3.05, 3.63) is 23.3 Å². The van der Waals surface area contributed by atoms with Gasteiger partial charge in [-0.1, -0.05) is 0 Å². The highest BCUT2D eigenvalue weighted by Gasteiger charge is 2.54. The minimum absolute atomic E-state index is 0.0517. The van der Waals surface area contributed by atoms with Crippen LogP contribution in [0, 0.1) is 30.1 Å². The van der Waals surface area contributed by atoms with Gasteiger partial charge < -0.3 is 19.5 Å². The fourth-order valence-corrected chi connectivity index (χ4v) is 6.12. The molecule has 0 spiro atoms. The summed E-state index contributed by atoms with van der Waals surface area (Å²) in [4.78, 5) is 25.2. The van der Waals surface area contributed by atoms with Gasteiger partial charge in [0, 0.05) is 5.41 Å². The fraction of sp³-hybridized carbons (Fsp3) is 0.652. The average Bonchev–Trinajstić information content (AvgIpc) is 2.69. The zero-order valence-corrected chi connectivity index (χ0v) is 17.6. The van der Waals surface area contributed by atoms with Crippen LogP contribution < -0.4 is 14.8 Å². The van der Waals surface area contributed by atoms with E-state index >= 15 is 0 Å². The Morgan fingerprint density at radius 2 is 1.55 bits per heavy atom. The van der Waals surface area contributed by atoms with Gasteiger partial charge in [0.15, 0.2) is 11.5 Å². The van der Waals surface area contributed by atoms with E-state index in [1.165, 1.54) is 19.3 Å². The standard InChI is InChI=1S/C23H31NO5/c1-14-4-19(27-2)20(28-3)8-18(14)13-29-21(25)12-24-22(26)23-9-15-5-16(10-23)7-17(6-15)11-23/h4,8,15-17H,5-7,9-13H2,1-3H3,(H,24,26). The molecule has 4 aliphatic rings. The zero-order valence-electron chi connectivity index (χ0n) is 17.6. The van der Waals surface area contributed by atoms with Crippen LogP contribution in [-0.4, -0.2) is 32.6 Å². The van der Waals surface area contributed by atoms with Crippen molar-refractivity contribution in [3.63, 3.8) is 0 Å². The maximum absolute atomic E-state index is 12.9. The maximum atomic E-state index is 12.9. The summed E-state index contributed by atoms with van der Waals surface area (Å²) in [5.74, 6) is 2.97. The lowest BCUT2D eigenvalue weighted by atomic mass is 9.49. The molecule has 0 atom stereocenters. The Balaban J connectivity index is 1.30. The van der Waals surface area contributed by atoms with Crippen LogP contribution in [-0.2, 0) is 20.9 Å². The highest BCUT2D eigenvalue weighted by molar-refractivity contribution is 5.86. The third-order valence-corrected chi connectivity index (χ3v) is 7.14. The van der Waals surface area contributed by atoms with Crippen LogP contribution in [0.2, 0.25) is 0 Å². The lowest BCUT2D eigenvalue weighted by Gasteiger charge is -2.55. The lowest BCUT2D eigenvalue weighted by molar-refractivity contribution is -0.151. The van der Waals surface area contributed by atoms with Crippen LogP contribution in [0.25, 0.3) is 0 Å². The fourth-order valence-electron chi connectivity index (χ4n) is 6.12. The molecule has 6 nitrogen and oxygen atoms in total. The van der Waals surface area contributed by atoms with Gasteiger partial charge in [-0.15, -0.1) is 0 Å². The number of carbonyl (C=O) groups excluding carboxylic acids is 2. The molecule has 0 radical (unpaired) electrons. The second-order valence-corrected chi connectivity index (χ2v) is 9.17. The number of esters is 1. The molecule has 1 N–H and O–H groups in total. The van der Waals surface area contributed by atoms with E-state index in [9.17, 15) is 9.59 Å². The predicted octanol–water partition coefficient (Wildman–Crippen LogP) is 3.39. The largest absolute Gasteiger partial charge is 0.493 e. The van der Waals surface area contributed by atoms with Gasteiger partial charge in [-0.3, -0.25) is 9.59 Å². The summed E-state index contributed by atoms with van der Waals surface area (Å²) in [7, 11) is 3.16. The van der Waals surface area contributed by atoms with E-state index in [4.69, 9.17) is 14.2 Å². The Morgan fingerprint density at radius 3 is 2.10 bits per heavy atom. The summed E-state index contributed by atoms with van der Waals surface area (Å²) >= 11 is 0. The Bertz CT molecular complexity index is 767. The van der Waals surface area contributed by atoms with Gasteiger partial charge in [0.1, 0.15) is 13.2 Å². The molecule has 4 fully saturated rings. The van der Waals surface area contributed by atoms with Crippen molar-refractivity contribution in [2.75, 3.05) is 20.8 Å². The van der Waals surface area contributed by atoms with Crippen molar-refractivity contribution < 1.29 is 23.8 Å². The molecule has 0 aliphatic heterocycles. The summed E-state index contributed by atoms with van der Waals surface area (Å²) in [6.07, 6.45) is 6.85. The first-order valence-corrected chi connectivity index (χ1v) is 10.6. The zero-order chi connectivity index (χ0) is 20.6. The summed E-state index contributed by atoms with van der Waals surface area (Å²) < 4.78 is 16.0.